The van der Waals surface area contributed by atoms with Gasteiger partial charge in [-0.05, 0) is 72.6 Å². The summed E-state index contributed by atoms with van der Waals surface area (Å²) in [6.07, 6.45) is 2.09. The van der Waals surface area contributed by atoms with E-state index in [9.17, 15) is 0 Å². The van der Waals surface area contributed by atoms with Gasteiger partial charge < -0.3 is 10.5 Å². The van der Waals surface area contributed by atoms with Crippen molar-refractivity contribution in [3.8, 4) is 17.0 Å². The molecule has 0 aliphatic heterocycles. The van der Waals surface area contributed by atoms with Gasteiger partial charge in [0.25, 0.3) is 0 Å². The molecule has 0 bridgehead atoms. The van der Waals surface area contributed by atoms with Crippen LogP contribution in [-0.4, -0.2) is 15.5 Å². The van der Waals surface area contributed by atoms with Crippen molar-refractivity contribution in [1.82, 2.24) is 9.38 Å². The zero-order chi connectivity index (χ0) is 15.9. The van der Waals surface area contributed by atoms with Crippen LogP contribution in [0.1, 0.15) is 19.4 Å². The molecule has 0 radical (unpaired) electrons. The highest BCUT2D eigenvalue weighted by Gasteiger charge is 2.13. The van der Waals surface area contributed by atoms with Gasteiger partial charge in [-0.25, -0.2) is 4.98 Å². The van der Waals surface area contributed by atoms with Crippen molar-refractivity contribution in [2.24, 2.45) is 0 Å². The van der Waals surface area contributed by atoms with Crippen LogP contribution < -0.4 is 10.5 Å². The number of anilines is 1. The molecule has 0 atom stereocenters. The van der Waals surface area contributed by atoms with Crippen molar-refractivity contribution < 1.29 is 4.74 Å². The summed E-state index contributed by atoms with van der Waals surface area (Å²) in [6.45, 7) is 6.04. The van der Waals surface area contributed by atoms with Gasteiger partial charge in [0, 0.05) is 16.2 Å². The molecule has 0 saturated carbocycles. The van der Waals surface area contributed by atoms with E-state index in [-0.39, 0.29) is 6.10 Å². The summed E-state index contributed by atoms with van der Waals surface area (Å²) in [4.78, 5) is 4.69. The van der Waals surface area contributed by atoms with E-state index in [1.165, 1.54) is 0 Å². The molecule has 0 unspecified atom stereocenters. The molecule has 0 aliphatic carbocycles. The average Bonchev–Trinajstić information content (AvgIpc) is 2.77. The number of aromatic nitrogens is 2. The lowest BCUT2D eigenvalue weighted by Gasteiger charge is -2.09. The molecule has 5 heteroatoms. The van der Waals surface area contributed by atoms with Crippen LogP contribution >= 0.6 is 15.9 Å². The number of rotatable bonds is 3. The maximum atomic E-state index is 6.28. The van der Waals surface area contributed by atoms with Crippen molar-refractivity contribution in [2.75, 3.05) is 5.73 Å². The first-order valence-electron chi connectivity index (χ1n) is 7.16. The van der Waals surface area contributed by atoms with Crippen molar-refractivity contribution in [1.29, 1.82) is 0 Å². The predicted octanol–water partition coefficient (Wildman–Crippen LogP) is 4.44. The zero-order valence-corrected chi connectivity index (χ0v) is 14.4. The molecular weight excluding hydrogens is 342 g/mol. The fourth-order valence-electron chi connectivity index (χ4n) is 2.46. The number of hydrogen-bond donors (Lipinski definition) is 1. The highest BCUT2D eigenvalue weighted by molar-refractivity contribution is 9.10. The topological polar surface area (TPSA) is 52.5 Å². The number of nitrogen functional groups attached to an aromatic ring is 1. The summed E-state index contributed by atoms with van der Waals surface area (Å²) >= 11 is 3.49. The lowest BCUT2D eigenvalue weighted by atomic mass is 10.1. The molecule has 114 valence electrons. The number of nitrogens with two attached hydrogens (primary N) is 1. The van der Waals surface area contributed by atoms with Gasteiger partial charge in [0.2, 0.25) is 0 Å². The quantitative estimate of drug-likeness (QED) is 0.751. The van der Waals surface area contributed by atoms with Crippen molar-refractivity contribution >= 4 is 27.4 Å². The summed E-state index contributed by atoms with van der Waals surface area (Å²) in [7, 11) is 0. The van der Waals surface area contributed by atoms with Crippen LogP contribution in [0.3, 0.4) is 0 Å². The van der Waals surface area contributed by atoms with E-state index in [0.29, 0.717) is 5.82 Å². The Kier molecular flexibility index (Phi) is 3.83. The Bertz CT molecular complexity index is 822. The molecule has 0 amide bonds. The molecule has 2 N–H and O–H groups in total. The van der Waals surface area contributed by atoms with Crippen LogP contribution in [0, 0.1) is 6.92 Å². The molecular formula is C17H18BrN3O. The Hall–Kier alpha value is -2.01. The number of nitrogens with zero attached hydrogens (tertiary/aromatic N) is 2. The molecule has 0 spiro atoms. The fourth-order valence-corrected chi connectivity index (χ4v) is 3.01. The average molecular weight is 360 g/mol. The monoisotopic (exact) mass is 359 g/mol. The van der Waals surface area contributed by atoms with Gasteiger partial charge in [-0.15, -0.1) is 0 Å². The van der Waals surface area contributed by atoms with E-state index < -0.39 is 0 Å². The zero-order valence-electron chi connectivity index (χ0n) is 12.8. The number of ether oxygens (including phenoxy) is 1. The van der Waals surface area contributed by atoms with E-state index in [0.717, 1.165) is 32.7 Å². The molecule has 0 saturated heterocycles. The second-order valence-corrected chi connectivity index (χ2v) is 6.49. The normalized spacial score (nSPS) is 11.3. The number of aryl methyl sites for hydroxylation is 1. The van der Waals surface area contributed by atoms with Crippen molar-refractivity contribution in [2.45, 2.75) is 26.9 Å². The third kappa shape index (κ3) is 2.68. The molecule has 2 aromatic heterocycles. The van der Waals surface area contributed by atoms with Gasteiger partial charge in [0.15, 0.2) is 0 Å². The summed E-state index contributed by atoms with van der Waals surface area (Å²) < 4.78 is 8.56. The van der Waals surface area contributed by atoms with Crippen molar-refractivity contribution in [3.63, 3.8) is 0 Å². The van der Waals surface area contributed by atoms with Gasteiger partial charge in [-0.1, -0.05) is 0 Å². The number of fused-ring (bicyclic) bond motifs is 1. The molecule has 22 heavy (non-hydrogen) atoms. The van der Waals surface area contributed by atoms with E-state index in [2.05, 4.69) is 15.9 Å². The maximum Gasteiger partial charge on any atom is 0.142 e. The molecule has 1 aromatic carbocycles. The second-order valence-electron chi connectivity index (χ2n) is 5.57. The van der Waals surface area contributed by atoms with E-state index in [4.69, 9.17) is 15.5 Å². The SMILES string of the molecule is Cc1cc(Br)cn2c(N)c(-c3ccc(OC(C)C)cc3)nc12. The molecule has 2 heterocycles. The molecule has 4 nitrogen and oxygen atoms in total. The van der Waals surface area contributed by atoms with Crippen LogP contribution in [0.25, 0.3) is 16.9 Å². The molecule has 0 aliphatic rings. The first-order valence-corrected chi connectivity index (χ1v) is 7.96. The van der Waals surface area contributed by atoms with Gasteiger partial charge in [0.1, 0.15) is 22.9 Å². The van der Waals surface area contributed by atoms with Crippen LogP contribution in [-0.2, 0) is 0 Å². The van der Waals surface area contributed by atoms with E-state index >= 15 is 0 Å². The first-order chi connectivity index (χ1) is 10.5. The number of imidazole rings is 1. The summed E-state index contributed by atoms with van der Waals surface area (Å²) in [5.74, 6) is 1.48. The Morgan fingerprint density at radius 1 is 1.23 bits per heavy atom. The predicted molar refractivity (Wildman–Crippen MR) is 93.2 cm³/mol. The number of pyridine rings is 1. The van der Waals surface area contributed by atoms with Crippen LogP contribution in [0.2, 0.25) is 0 Å². The number of halogens is 1. The minimum Gasteiger partial charge on any atom is -0.491 e. The van der Waals surface area contributed by atoms with Crippen LogP contribution in [0.4, 0.5) is 5.82 Å². The van der Waals surface area contributed by atoms with Crippen LogP contribution in [0.15, 0.2) is 41.0 Å². The third-order valence-electron chi connectivity index (χ3n) is 3.41. The van der Waals surface area contributed by atoms with Gasteiger partial charge >= 0.3 is 0 Å². The summed E-state index contributed by atoms with van der Waals surface area (Å²) in [5.41, 5.74) is 9.99. The highest BCUT2D eigenvalue weighted by atomic mass is 79.9. The Balaban J connectivity index is 2.06. The largest absolute Gasteiger partial charge is 0.491 e. The first kappa shape index (κ1) is 14.9. The number of hydrogen-bond acceptors (Lipinski definition) is 3. The van der Waals surface area contributed by atoms with Crippen LogP contribution in [0.5, 0.6) is 5.75 Å². The third-order valence-corrected chi connectivity index (χ3v) is 3.84. The summed E-state index contributed by atoms with van der Waals surface area (Å²) in [5, 5.41) is 0. The lowest BCUT2D eigenvalue weighted by molar-refractivity contribution is 0.242. The number of benzene rings is 1. The molecule has 0 fully saturated rings. The second kappa shape index (κ2) is 5.65. The Morgan fingerprint density at radius 2 is 1.91 bits per heavy atom. The van der Waals surface area contributed by atoms with Gasteiger partial charge in [-0.2, -0.15) is 0 Å². The minimum atomic E-state index is 0.158. The van der Waals surface area contributed by atoms with Gasteiger partial charge in [0.05, 0.1) is 6.10 Å². The summed E-state index contributed by atoms with van der Waals surface area (Å²) in [6, 6.07) is 9.90. The molecule has 3 aromatic rings. The Morgan fingerprint density at radius 3 is 2.55 bits per heavy atom. The van der Waals surface area contributed by atoms with E-state index in [1.54, 1.807) is 0 Å². The fraction of sp³-hybridized carbons (Fsp3) is 0.235. The van der Waals surface area contributed by atoms with Crippen molar-refractivity contribution in [3.05, 3.63) is 46.6 Å². The standard InChI is InChI=1S/C17H18BrN3O/c1-10(2)22-14-6-4-12(5-7-14)15-16(19)21-9-13(18)8-11(3)17(21)20-15/h4-10H,19H2,1-3H3. The minimum absolute atomic E-state index is 0.158. The van der Waals surface area contributed by atoms with E-state index in [1.807, 2.05) is 61.7 Å². The smallest absolute Gasteiger partial charge is 0.142 e. The maximum absolute atomic E-state index is 6.28. The lowest BCUT2D eigenvalue weighted by Crippen LogP contribution is -2.05. The highest BCUT2D eigenvalue weighted by Crippen LogP contribution is 2.30. The molecule has 3 rings (SSSR count). The van der Waals surface area contributed by atoms with Gasteiger partial charge in [-0.3, -0.25) is 4.40 Å². The Labute approximate surface area is 138 Å².